The summed E-state index contributed by atoms with van der Waals surface area (Å²) in [5.74, 6) is -0.646. The maximum atomic E-state index is 11.5. The second kappa shape index (κ2) is 5.58. The Bertz CT molecular complexity index is 595. The van der Waals surface area contributed by atoms with E-state index in [1.807, 2.05) is 24.3 Å². The standard InChI is InChI=1S/C10H8IN5O2/c11-7-3-1-2-6(4-7)5-13-14-10(17)8-9(12)16-18-15-8/h1-5H,(H2,12,16)(H,14,17)/b13-5-. The summed E-state index contributed by atoms with van der Waals surface area (Å²) in [5.41, 5.74) is 8.42. The molecule has 0 radical (unpaired) electrons. The van der Waals surface area contributed by atoms with Gasteiger partial charge >= 0.3 is 0 Å². The first kappa shape index (κ1) is 12.5. The monoisotopic (exact) mass is 357 g/mol. The molecule has 18 heavy (non-hydrogen) atoms. The predicted molar refractivity (Wildman–Crippen MR) is 72.9 cm³/mol. The Morgan fingerprint density at radius 3 is 3.00 bits per heavy atom. The highest BCUT2D eigenvalue weighted by atomic mass is 127. The van der Waals surface area contributed by atoms with Crippen LogP contribution in [-0.2, 0) is 0 Å². The number of halogens is 1. The normalized spacial score (nSPS) is 10.7. The summed E-state index contributed by atoms with van der Waals surface area (Å²) < 4.78 is 5.38. The number of hydrazone groups is 1. The number of anilines is 1. The van der Waals surface area contributed by atoms with E-state index in [9.17, 15) is 4.79 Å². The number of nitrogens with one attached hydrogen (secondary N) is 1. The second-order valence-corrected chi connectivity index (χ2v) is 4.50. The molecule has 0 bridgehead atoms. The molecule has 1 heterocycles. The van der Waals surface area contributed by atoms with Gasteiger partial charge in [-0.25, -0.2) is 10.1 Å². The molecule has 0 unspecified atom stereocenters. The van der Waals surface area contributed by atoms with Gasteiger partial charge in [0.05, 0.1) is 6.21 Å². The number of carbonyl (C=O) groups is 1. The largest absolute Gasteiger partial charge is 0.379 e. The lowest BCUT2D eigenvalue weighted by Gasteiger charge is -1.96. The summed E-state index contributed by atoms with van der Waals surface area (Å²) in [4.78, 5) is 11.5. The van der Waals surface area contributed by atoms with E-state index in [1.165, 1.54) is 6.21 Å². The fraction of sp³-hybridized carbons (Fsp3) is 0. The van der Waals surface area contributed by atoms with E-state index in [4.69, 9.17) is 5.73 Å². The first-order valence-corrected chi connectivity index (χ1v) is 5.91. The van der Waals surface area contributed by atoms with Crippen molar-refractivity contribution in [1.29, 1.82) is 0 Å². The molecule has 0 aliphatic carbocycles. The van der Waals surface area contributed by atoms with Crippen LogP contribution in [-0.4, -0.2) is 22.4 Å². The van der Waals surface area contributed by atoms with Crippen LogP contribution in [0.4, 0.5) is 5.82 Å². The minimum absolute atomic E-state index is 0.0723. The number of nitrogens with two attached hydrogens (primary N) is 1. The Kier molecular flexibility index (Phi) is 3.87. The summed E-state index contributed by atoms with van der Waals surface area (Å²) in [6.07, 6.45) is 1.52. The fourth-order valence-corrected chi connectivity index (χ4v) is 1.73. The predicted octanol–water partition coefficient (Wildman–Crippen LogP) is 1.02. The zero-order valence-electron chi connectivity index (χ0n) is 9.00. The number of rotatable bonds is 3. The molecule has 1 aromatic heterocycles. The molecule has 92 valence electrons. The highest BCUT2D eigenvalue weighted by Crippen LogP contribution is 2.06. The molecule has 0 aliphatic heterocycles. The van der Waals surface area contributed by atoms with Crippen LogP contribution < -0.4 is 11.2 Å². The number of nitrogens with zero attached hydrogens (tertiary/aromatic N) is 3. The third kappa shape index (κ3) is 3.03. The van der Waals surface area contributed by atoms with Gasteiger partial charge in [-0.2, -0.15) is 5.10 Å². The maximum Gasteiger partial charge on any atom is 0.297 e. The van der Waals surface area contributed by atoms with Crippen molar-refractivity contribution < 1.29 is 9.42 Å². The Labute approximate surface area is 116 Å². The van der Waals surface area contributed by atoms with Crippen LogP contribution >= 0.6 is 22.6 Å². The maximum absolute atomic E-state index is 11.5. The summed E-state index contributed by atoms with van der Waals surface area (Å²) in [6.45, 7) is 0. The smallest absolute Gasteiger partial charge is 0.297 e. The highest BCUT2D eigenvalue weighted by molar-refractivity contribution is 14.1. The van der Waals surface area contributed by atoms with Crippen molar-refractivity contribution in [3.05, 3.63) is 39.1 Å². The van der Waals surface area contributed by atoms with Crippen molar-refractivity contribution in [1.82, 2.24) is 15.7 Å². The third-order valence-electron chi connectivity index (χ3n) is 1.96. The quantitative estimate of drug-likeness (QED) is 0.485. The number of carbonyl (C=O) groups excluding carboxylic acids is 1. The van der Waals surface area contributed by atoms with Crippen molar-refractivity contribution in [2.45, 2.75) is 0 Å². The summed E-state index contributed by atoms with van der Waals surface area (Å²) in [5, 5.41) is 10.4. The van der Waals surface area contributed by atoms with E-state index in [-0.39, 0.29) is 11.5 Å². The Morgan fingerprint density at radius 1 is 1.50 bits per heavy atom. The molecule has 7 nitrogen and oxygen atoms in total. The summed E-state index contributed by atoms with van der Waals surface area (Å²) >= 11 is 2.19. The summed E-state index contributed by atoms with van der Waals surface area (Å²) in [6, 6.07) is 7.63. The van der Waals surface area contributed by atoms with E-state index < -0.39 is 5.91 Å². The van der Waals surface area contributed by atoms with Crippen LogP contribution in [0, 0.1) is 3.57 Å². The lowest BCUT2D eigenvalue weighted by atomic mass is 10.2. The molecule has 2 rings (SSSR count). The van der Waals surface area contributed by atoms with E-state index in [2.05, 4.69) is 48.1 Å². The van der Waals surface area contributed by atoms with Gasteiger partial charge < -0.3 is 5.73 Å². The van der Waals surface area contributed by atoms with Gasteiger partial charge in [-0.15, -0.1) is 0 Å². The van der Waals surface area contributed by atoms with Gasteiger partial charge in [0.15, 0.2) is 0 Å². The molecule has 1 amide bonds. The molecular weight excluding hydrogens is 349 g/mol. The van der Waals surface area contributed by atoms with Crippen LogP contribution in [0.2, 0.25) is 0 Å². The van der Waals surface area contributed by atoms with E-state index in [0.29, 0.717) is 0 Å². The number of nitrogen functional groups attached to an aromatic ring is 1. The number of aromatic nitrogens is 2. The first-order valence-electron chi connectivity index (χ1n) is 4.84. The number of benzene rings is 1. The second-order valence-electron chi connectivity index (χ2n) is 3.25. The van der Waals surface area contributed by atoms with Gasteiger partial charge in [0.1, 0.15) is 0 Å². The molecular formula is C10H8IN5O2. The van der Waals surface area contributed by atoms with Crippen molar-refractivity contribution in [2.75, 3.05) is 5.73 Å². The molecule has 0 aliphatic rings. The minimum Gasteiger partial charge on any atom is -0.379 e. The highest BCUT2D eigenvalue weighted by Gasteiger charge is 2.14. The first-order chi connectivity index (χ1) is 8.66. The van der Waals surface area contributed by atoms with Crippen molar-refractivity contribution in [3.8, 4) is 0 Å². The van der Waals surface area contributed by atoms with Crippen LogP contribution in [0.25, 0.3) is 0 Å². The van der Waals surface area contributed by atoms with E-state index in [1.54, 1.807) is 0 Å². The molecule has 0 saturated heterocycles. The van der Waals surface area contributed by atoms with Crippen LogP contribution in [0.1, 0.15) is 16.1 Å². The van der Waals surface area contributed by atoms with Gasteiger partial charge in [-0.3, -0.25) is 4.79 Å². The van der Waals surface area contributed by atoms with Gasteiger partial charge in [-0.05, 0) is 50.6 Å². The lowest BCUT2D eigenvalue weighted by molar-refractivity contribution is 0.0946. The summed E-state index contributed by atoms with van der Waals surface area (Å²) in [7, 11) is 0. The number of hydrogen-bond acceptors (Lipinski definition) is 6. The van der Waals surface area contributed by atoms with Gasteiger partial charge in [0, 0.05) is 3.57 Å². The molecule has 0 spiro atoms. The molecule has 0 atom stereocenters. The molecule has 1 aromatic carbocycles. The number of amides is 1. The Morgan fingerprint density at radius 2 is 2.33 bits per heavy atom. The van der Waals surface area contributed by atoms with Crippen molar-refractivity contribution in [2.24, 2.45) is 5.10 Å². The molecule has 0 fully saturated rings. The van der Waals surface area contributed by atoms with Crippen LogP contribution in [0.5, 0.6) is 0 Å². The van der Waals surface area contributed by atoms with Crippen LogP contribution in [0.15, 0.2) is 34.0 Å². The van der Waals surface area contributed by atoms with Crippen LogP contribution in [0.3, 0.4) is 0 Å². The zero-order valence-corrected chi connectivity index (χ0v) is 11.2. The van der Waals surface area contributed by atoms with E-state index in [0.717, 1.165) is 9.13 Å². The van der Waals surface area contributed by atoms with Gasteiger partial charge in [0.2, 0.25) is 11.5 Å². The third-order valence-corrected chi connectivity index (χ3v) is 2.63. The topological polar surface area (TPSA) is 106 Å². The van der Waals surface area contributed by atoms with Crippen molar-refractivity contribution in [3.63, 3.8) is 0 Å². The molecule has 8 heteroatoms. The van der Waals surface area contributed by atoms with Gasteiger partial charge in [-0.1, -0.05) is 12.1 Å². The fourth-order valence-electron chi connectivity index (χ4n) is 1.16. The minimum atomic E-state index is -0.573. The molecule has 3 N–H and O–H groups in total. The Balaban J connectivity index is 2.00. The number of hydrogen-bond donors (Lipinski definition) is 2. The average Bonchev–Trinajstić information content (AvgIpc) is 2.75. The molecule has 2 aromatic rings. The van der Waals surface area contributed by atoms with Gasteiger partial charge in [0.25, 0.3) is 5.91 Å². The zero-order chi connectivity index (χ0) is 13.0. The van der Waals surface area contributed by atoms with Crippen molar-refractivity contribution >= 4 is 40.5 Å². The average molecular weight is 357 g/mol. The Hall–Kier alpha value is -1.97. The lowest BCUT2D eigenvalue weighted by Crippen LogP contribution is -2.19. The van der Waals surface area contributed by atoms with E-state index >= 15 is 0 Å². The molecule has 0 saturated carbocycles. The SMILES string of the molecule is Nc1nonc1C(=O)N/N=C\c1cccc(I)c1.